The Kier molecular flexibility index (Phi) is 3.51. The second-order valence-corrected chi connectivity index (χ2v) is 8.80. The van der Waals surface area contributed by atoms with Crippen LogP contribution in [0.5, 0.6) is 0 Å². The first-order chi connectivity index (χ1) is 12.5. The fourth-order valence-electron chi connectivity index (χ4n) is 5.20. The van der Waals surface area contributed by atoms with Crippen LogP contribution in [0.25, 0.3) is 0 Å². The highest BCUT2D eigenvalue weighted by atomic mass is 79.9. The lowest BCUT2D eigenvalue weighted by Gasteiger charge is -2.63. The van der Waals surface area contributed by atoms with Crippen LogP contribution in [0.15, 0.2) is 53.0 Å². The number of amides is 1. The fourth-order valence-corrected chi connectivity index (χ4v) is 5.46. The lowest BCUT2D eigenvalue weighted by molar-refractivity contribution is -0.886. The monoisotopic (exact) mass is 413 g/mol. The van der Waals surface area contributed by atoms with Crippen molar-refractivity contribution in [3.63, 3.8) is 0 Å². The summed E-state index contributed by atoms with van der Waals surface area (Å²) < 4.78 is 6.17. The van der Waals surface area contributed by atoms with Gasteiger partial charge < -0.3 is 9.94 Å². The molecule has 0 aromatic heterocycles. The number of nitrogens with zero attached hydrogens (tertiary/aromatic N) is 1. The first kappa shape index (κ1) is 16.6. The molecule has 2 aliphatic heterocycles. The maximum atomic E-state index is 14.1. The van der Waals surface area contributed by atoms with Crippen LogP contribution in [0, 0.1) is 5.21 Å². The van der Waals surface area contributed by atoms with Crippen molar-refractivity contribution in [2.75, 3.05) is 6.61 Å². The van der Waals surface area contributed by atoms with Crippen molar-refractivity contribution in [1.82, 2.24) is 0 Å². The second kappa shape index (κ2) is 5.49. The van der Waals surface area contributed by atoms with Gasteiger partial charge in [-0.15, -0.1) is 0 Å². The molecule has 0 bridgehead atoms. The van der Waals surface area contributed by atoms with Crippen molar-refractivity contribution in [2.45, 2.75) is 43.4 Å². The van der Waals surface area contributed by atoms with E-state index in [1.54, 1.807) is 6.07 Å². The Bertz CT molecular complexity index is 880. The zero-order chi connectivity index (χ0) is 18.0. The molecule has 1 saturated carbocycles. The molecule has 0 radical (unpaired) electrons. The van der Waals surface area contributed by atoms with Crippen LogP contribution in [0.1, 0.15) is 47.2 Å². The zero-order valence-corrected chi connectivity index (χ0v) is 16.0. The smallest absolute Gasteiger partial charge is 0.347 e. The number of quaternary nitrogens is 1. The van der Waals surface area contributed by atoms with E-state index >= 15 is 0 Å². The Balaban J connectivity index is 1.62. The minimum absolute atomic E-state index is 0.209. The van der Waals surface area contributed by atoms with E-state index in [9.17, 15) is 10.0 Å². The van der Waals surface area contributed by atoms with Gasteiger partial charge in [-0.25, -0.2) is 4.79 Å². The van der Waals surface area contributed by atoms with Gasteiger partial charge in [0, 0.05) is 35.0 Å². The van der Waals surface area contributed by atoms with E-state index in [1.807, 2.05) is 42.5 Å². The molecule has 5 rings (SSSR count). The predicted octanol–water partition coefficient (Wildman–Crippen LogP) is 4.66. The van der Waals surface area contributed by atoms with E-state index in [0.29, 0.717) is 18.4 Å². The average Bonchev–Trinajstić information content (AvgIpc) is 3.19. The summed E-state index contributed by atoms with van der Waals surface area (Å²) in [6, 6.07) is 15.3. The number of hydrogen-bond acceptors (Lipinski definition) is 3. The summed E-state index contributed by atoms with van der Waals surface area (Å²) in [6.07, 6.45) is 3.24. The Labute approximate surface area is 161 Å². The van der Waals surface area contributed by atoms with Crippen LogP contribution >= 0.6 is 15.9 Å². The number of rotatable bonds is 2. The van der Waals surface area contributed by atoms with Crippen molar-refractivity contribution in [3.8, 4) is 0 Å². The molecule has 1 unspecified atom stereocenters. The van der Waals surface area contributed by atoms with E-state index in [0.717, 1.165) is 35.0 Å². The Hall–Kier alpha value is -1.53. The van der Waals surface area contributed by atoms with Crippen LogP contribution < -0.4 is 0 Å². The molecule has 2 aromatic carbocycles. The Morgan fingerprint density at radius 1 is 1.08 bits per heavy atom. The van der Waals surface area contributed by atoms with Crippen LogP contribution in [0.4, 0.5) is 0 Å². The van der Waals surface area contributed by atoms with E-state index in [4.69, 9.17) is 4.74 Å². The normalized spacial score (nSPS) is 35.5. The topological polar surface area (TPSA) is 49.4 Å². The lowest BCUT2D eigenvalue weighted by Crippen LogP contribution is -2.69. The van der Waals surface area contributed by atoms with E-state index in [1.165, 1.54) is 0 Å². The van der Waals surface area contributed by atoms with Crippen molar-refractivity contribution in [3.05, 3.63) is 74.9 Å². The van der Waals surface area contributed by atoms with E-state index in [-0.39, 0.29) is 18.1 Å². The van der Waals surface area contributed by atoms with E-state index < -0.39 is 10.2 Å². The van der Waals surface area contributed by atoms with Crippen LogP contribution in [-0.4, -0.2) is 22.8 Å². The molecular weight excluding hydrogens is 394 g/mol. The third-order valence-electron chi connectivity index (χ3n) is 6.46. The average molecular weight is 414 g/mol. The van der Waals surface area contributed by atoms with Crippen molar-refractivity contribution < 1.29 is 14.2 Å². The fraction of sp³-hybridized carbons (Fsp3) is 0.381. The molecule has 2 heterocycles. The molecule has 134 valence electrons. The first-order valence-corrected chi connectivity index (χ1v) is 9.89. The largest absolute Gasteiger partial charge is 0.624 e. The van der Waals surface area contributed by atoms with Gasteiger partial charge in [-0.3, -0.25) is 4.65 Å². The molecule has 5 heteroatoms. The molecular formula is C21H20BrNO3. The number of fused-ring (bicyclic) bond motifs is 1. The molecule has 0 N–H and O–H groups in total. The highest BCUT2D eigenvalue weighted by molar-refractivity contribution is 9.10. The van der Waals surface area contributed by atoms with Gasteiger partial charge in [-0.05, 0) is 31.0 Å². The number of ether oxygens (including phenoxy) is 1. The van der Waals surface area contributed by atoms with Gasteiger partial charge in [-0.1, -0.05) is 46.3 Å². The molecule has 1 atom stereocenters. The van der Waals surface area contributed by atoms with Crippen molar-refractivity contribution in [2.24, 2.45) is 0 Å². The molecule has 2 fully saturated rings. The van der Waals surface area contributed by atoms with Crippen LogP contribution in [0.2, 0.25) is 0 Å². The number of benzene rings is 2. The van der Waals surface area contributed by atoms with Gasteiger partial charge in [0.15, 0.2) is 0 Å². The quantitative estimate of drug-likeness (QED) is 0.531. The third-order valence-corrected chi connectivity index (χ3v) is 6.98. The summed E-state index contributed by atoms with van der Waals surface area (Å²) in [4.78, 5) is 13.2. The van der Waals surface area contributed by atoms with Gasteiger partial charge in [0.25, 0.3) is 0 Å². The molecule has 1 amide bonds. The van der Waals surface area contributed by atoms with Crippen molar-refractivity contribution >= 4 is 21.8 Å². The summed E-state index contributed by atoms with van der Waals surface area (Å²) >= 11 is 3.47. The standard InChI is InChI=1S/C21H20BrNO3/c22-17-8-6-16(7-9-17)21(13-20(14-21)10-3-11-26-20)23(25)12-15-4-1-2-5-18(15)19(23)24/h1-2,4-9H,3,10-14H2. The summed E-state index contributed by atoms with van der Waals surface area (Å²) in [5.41, 5.74) is 1.39. The van der Waals surface area contributed by atoms with Crippen LogP contribution in [-0.2, 0) is 16.8 Å². The van der Waals surface area contributed by atoms with Crippen molar-refractivity contribution in [1.29, 1.82) is 0 Å². The molecule has 3 aliphatic rings. The van der Waals surface area contributed by atoms with Gasteiger partial charge in [0.1, 0.15) is 12.1 Å². The number of hydrogen-bond donors (Lipinski definition) is 0. The number of hydroxylamine groups is 3. The Morgan fingerprint density at radius 2 is 1.81 bits per heavy atom. The highest BCUT2D eigenvalue weighted by Gasteiger charge is 2.68. The summed E-state index contributed by atoms with van der Waals surface area (Å²) in [5, 5.41) is 14.1. The number of carbonyl (C=O) groups excluding carboxylic acids is 1. The zero-order valence-electron chi connectivity index (χ0n) is 14.4. The molecule has 26 heavy (non-hydrogen) atoms. The van der Waals surface area contributed by atoms with E-state index in [2.05, 4.69) is 15.9 Å². The maximum absolute atomic E-state index is 14.1. The molecule has 1 spiro atoms. The SMILES string of the molecule is O=C1c2ccccc2C[N+]1([O-])C1(c2ccc(Br)cc2)CC2(CCCO2)C1. The summed E-state index contributed by atoms with van der Waals surface area (Å²) in [5.74, 6) is -0.309. The van der Waals surface area contributed by atoms with Gasteiger partial charge in [-0.2, -0.15) is 0 Å². The van der Waals surface area contributed by atoms with Gasteiger partial charge >= 0.3 is 5.91 Å². The Morgan fingerprint density at radius 3 is 2.46 bits per heavy atom. The third kappa shape index (κ3) is 2.09. The molecule has 1 aliphatic carbocycles. The first-order valence-electron chi connectivity index (χ1n) is 9.10. The molecule has 4 nitrogen and oxygen atoms in total. The highest BCUT2D eigenvalue weighted by Crippen LogP contribution is 2.62. The lowest BCUT2D eigenvalue weighted by atomic mass is 9.59. The summed E-state index contributed by atoms with van der Waals surface area (Å²) in [6.45, 7) is 0.963. The number of halogens is 1. The van der Waals surface area contributed by atoms with Crippen LogP contribution in [0.3, 0.4) is 0 Å². The van der Waals surface area contributed by atoms with Gasteiger partial charge in [0.2, 0.25) is 0 Å². The maximum Gasteiger partial charge on any atom is 0.347 e. The molecule has 1 saturated heterocycles. The minimum atomic E-state index is -0.820. The minimum Gasteiger partial charge on any atom is -0.624 e. The second-order valence-electron chi connectivity index (χ2n) is 7.89. The predicted molar refractivity (Wildman–Crippen MR) is 101 cm³/mol. The number of carbonyl (C=O) groups is 1. The molecule has 2 aromatic rings. The van der Waals surface area contributed by atoms with Gasteiger partial charge in [0.05, 0.1) is 11.2 Å². The summed E-state index contributed by atoms with van der Waals surface area (Å²) in [7, 11) is 0.